The summed E-state index contributed by atoms with van der Waals surface area (Å²) in [6, 6.07) is 4.79. The van der Waals surface area contributed by atoms with Gasteiger partial charge in [-0.2, -0.15) is 0 Å². The molecule has 18 heavy (non-hydrogen) atoms. The fourth-order valence-electron chi connectivity index (χ4n) is 1.41. The third kappa shape index (κ3) is 3.16. The minimum atomic E-state index is -0.323. The number of aromatic nitrogens is 2. The minimum absolute atomic E-state index is 0.323. The Hall–Kier alpha value is -1.69. The van der Waals surface area contributed by atoms with Gasteiger partial charge in [0.05, 0.1) is 16.9 Å². The first-order valence-corrected chi connectivity index (χ1v) is 6.26. The maximum atomic E-state index is 13.3. The van der Waals surface area contributed by atoms with Crippen molar-refractivity contribution in [2.45, 2.75) is 6.92 Å². The number of hydrogen-bond acceptors (Lipinski definition) is 4. The molecule has 0 unspecified atom stereocenters. The molecule has 1 heterocycles. The molecule has 2 rings (SSSR count). The van der Waals surface area contributed by atoms with Gasteiger partial charge < -0.3 is 10.6 Å². The van der Waals surface area contributed by atoms with Gasteiger partial charge in [-0.15, -0.1) is 0 Å². The molecule has 1 aromatic heterocycles. The molecule has 0 aliphatic heterocycles. The van der Waals surface area contributed by atoms with E-state index in [0.29, 0.717) is 21.8 Å². The maximum absolute atomic E-state index is 13.3. The van der Waals surface area contributed by atoms with Crippen LogP contribution < -0.4 is 10.6 Å². The molecule has 94 valence electrons. The molecule has 2 aromatic rings. The van der Waals surface area contributed by atoms with Gasteiger partial charge in [-0.25, -0.2) is 9.37 Å². The van der Waals surface area contributed by atoms with Gasteiger partial charge in [0.2, 0.25) is 0 Å². The topological polar surface area (TPSA) is 49.8 Å². The molecule has 2 N–H and O–H groups in total. The maximum Gasteiger partial charge on any atom is 0.151 e. The molecule has 0 saturated carbocycles. The number of anilines is 3. The van der Waals surface area contributed by atoms with Crippen molar-refractivity contribution in [1.29, 1.82) is 0 Å². The Balaban J connectivity index is 2.17. The lowest BCUT2D eigenvalue weighted by Gasteiger charge is -2.08. The van der Waals surface area contributed by atoms with Gasteiger partial charge in [0, 0.05) is 12.2 Å². The predicted octanol–water partition coefficient (Wildman–Crippen LogP) is 3.55. The molecule has 0 bridgehead atoms. The second-order valence-corrected chi connectivity index (χ2v) is 4.43. The van der Waals surface area contributed by atoms with Crippen LogP contribution in [0.2, 0.25) is 0 Å². The van der Waals surface area contributed by atoms with Gasteiger partial charge >= 0.3 is 0 Å². The van der Waals surface area contributed by atoms with Crippen LogP contribution in [0.25, 0.3) is 0 Å². The highest BCUT2D eigenvalue weighted by molar-refractivity contribution is 9.10. The highest BCUT2D eigenvalue weighted by Gasteiger charge is 2.02. The number of nitrogens with one attached hydrogen (secondary N) is 2. The second kappa shape index (κ2) is 5.77. The number of nitrogens with zero attached hydrogens (tertiary/aromatic N) is 2. The number of rotatable bonds is 4. The fraction of sp³-hybridized carbons (Fsp3) is 0.167. The zero-order valence-electron chi connectivity index (χ0n) is 9.74. The summed E-state index contributed by atoms with van der Waals surface area (Å²) in [4.78, 5) is 8.34. The van der Waals surface area contributed by atoms with E-state index in [4.69, 9.17) is 0 Å². The standard InChI is InChI=1S/C12H12BrFN4/c1-2-16-11-6-15-7-12(18-11)17-8-3-4-9(13)10(14)5-8/h3-7H,2H2,1H3,(H2,16,17,18). The summed E-state index contributed by atoms with van der Waals surface area (Å²) in [6.07, 6.45) is 3.22. The molecule has 0 atom stereocenters. The van der Waals surface area contributed by atoms with Crippen molar-refractivity contribution in [2.24, 2.45) is 0 Å². The van der Waals surface area contributed by atoms with Crippen LogP contribution in [0.3, 0.4) is 0 Å². The first-order chi connectivity index (χ1) is 8.69. The first kappa shape index (κ1) is 12.8. The van der Waals surface area contributed by atoms with Gasteiger partial charge in [-0.05, 0) is 41.1 Å². The van der Waals surface area contributed by atoms with E-state index in [1.807, 2.05) is 6.92 Å². The van der Waals surface area contributed by atoms with Gasteiger partial charge in [0.15, 0.2) is 5.82 Å². The minimum Gasteiger partial charge on any atom is -0.369 e. The molecule has 0 amide bonds. The Morgan fingerprint density at radius 3 is 2.78 bits per heavy atom. The van der Waals surface area contributed by atoms with Crippen LogP contribution in [0.5, 0.6) is 0 Å². The summed E-state index contributed by atoms with van der Waals surface area (Å²) in [6.45, 7) is 2.75. The van der Waals surface area contributed by atoms with Crippen LogP contribution in [0.4, 0.5) is 21.7 Å². The zero-order chi connectivity index (χ0) is 13.0. The second-order valence-electron chi connectivity index (χ2n) is 3.57. The predicted molar refractivity (Wildman–Crippen MR) is 73.6 cm³/mol. The van der Waals surface area contributed by atoms with Crippen LogP contribution in [0.15, 0.2) is 35.1 Å². The Morgan fingerprint density at radius 1 is 1.28 bits per heavy atom. The van der Waals surface area contributed by atoms with Gasteiger partial charge in [-0.3, -0.25) is 4.98 Å². The van der Waals surface area contributed by atoms with E-state index in [2.05, 4.69) is 36.5 Å². The lowest BCUT2D eigenvalue weighted by atomic mass is 10.3. The summed E-state index contributed by atoms with van der Waals surface area (Å²) in [7, 11) is 0. The average Bonchev–Trinajstić information content (AvgIpc) is 2.35. The lowest BCUT2D eigenvalue weighted by molar-refractivity contribution is 0.622. The molecule has 0 aliphatic rings. The van der Waals surface area contributed by atoms with Crippen LogP contribution in [0.1, 0.15) is 6.92 Å². The van der Waals surface area contributed by atoms with E-state index in [1.54, 1.807) is 24.5 Å². The van der Waals surface area contributed by atoms with Crippen molar-refractivity contribution < 1.29 is 4.39 Å². The molecule has 0 radical (unpaired) electrons. The van der Waals surface area contributed by atoms with Crippen molar-refractivity contribution in [3.63, 3.8) is 0 Å². The average molecular weight is 311 g/mol. The first-order valence-electron chi connectivity index (χ1n) is 5.47. The Kier molecular flexibility index (Phi) is 4.09. The van der Waals surface area contributed by atoms with E-state index in [0.717, 1.165) is 6.54 Å². The van der Waals surface area contributed by atoms with Crippen molar-refractivity contribution in [2.75, 3.05) is 17.2 Å². The normalized spacial score (nSPS) is 10.2. The summed E-state index contributed by atoms with van der Waals surface area (Å²) in [5.74, 6) is 0.922. The van der Waals surface area contributed by atoms with E-state index >= 15 is 0 Å². The lowest BCUT2D eigenvalue weighted by Crippen LogP contribution is -2.02. The van der Waals surface area contributed by atoms with Crippen molar-refractivity contribution in [1.82, 2.24) is 9.97 Å². The van der Waals surface area contributed by atoms with Crippen LogP contribution in [0, 0.1) is 5.82 Å². The summed E-state index contributed by atoms with van der Waals surface area (Å²) in [5.41, 5.74) is 0.624. The smallest absolute Gasteiger partial charge is 0.151 e. The molecular formula is C12H12BrFN4. The number of hydrogen-bond donors (Lipinski definition) is 2. The monoisotopic (exact) mass is 310 g/mol. The van der Waals surface area contributed by atoms with Crippen molar-refractivity contribution >= 4 is 33.3 Å². The summed E-state index contributed by atoms with van der Waals surface area (Å²) in [5, 5.41) is 6.06. The Labute approximate surface area is 113 Å². The number of benzene rings is 1. The van der Waals surface area contributed by atoms with Gasteiger partial charge in [0.1, 0.15) is 11.6 Å². The van der Waals surface area contributed by atoms with Gasteiger partial charge in [0.25, 0.3) is 0 Å². The molecule has 1 aromatic carbocycles. The molecule has 0 saturated heterocycles. The van der Waals surface area contributed by atoms with E-state index in [1.165, 1.54) is 6.07 Å². The molecule has 6 heteroatoms. The van der Waals surface area contributed by atoms with Crippen LogP contribution in [-0.2, 0) is 0 Å². The molecular weight excluding hydrogens is 299 g/mol. The molecule has 0 aliphatic carbocycles. The van der Waals surface area contributed by atoms with E-state index < -0.39 is 0 Å². The largest absolute Gasteiger partial charge is 0.369 e. The number of halogens is 2. The van der Waals surface area contributed by atoms with Crippen LogP contribution >= 0.6 is 15.9 Å². The third-order valence-corrected chi connectivity index (χ3v) is 2.83. The molecule has 4 nitrogen and oxygen atoms in total. The Morgan fingerprint density at radius 2 is 2.06 bits per heavy atom. The zero-order valence-corrected chi connectivity index (χ0v) is 11.3. The van der Waals surface area contributed by atoms with Crippen molar-refractivity contribution in [3.05, 3.63) is 40.9 Å². The SMILES string of the molecule is CCNc1cncc(Nc2ccc(Br)c(F)c2)n1. The highest BCUT2D eigenvalue weighted by atomic mass is 79.9. The quantitative estimate of drug-likeness (QED) is 0.906. The van der Waals surface area contributed by atoms with Crippen LogP contribution in [-0.4, -0.2) is 16.5 Å². The summed E-state index contributed by atoms with van der Waals surface area (Å²) < 4.78 is 13.8. The Bertz CT molecular complexity index is 547. The van der Waals surface area contributed by atoms with Gasteiger partial charge in [-0.1, -0.05) is 0 Å². The van der Waals surface area contributed by atoms with E-state index in [9.17, 15) is 4.39 Å². The highest BCUT2D eigenvalue weighted by Crippen LogP contribution is 2.21. The van der Waals surface area contributed by atoms with E-state index in [-0.39, 0.29) is 5.82 Å². The van der Waals surface area contributed by atoms with Crippen molar-refractivity contribution in [3.8, 4) is 0 Å². The third-order valence-electron chi connectivity index (χ3n) is 2.18. The molecule has 0 spiro atoms. The fourth-order valence-corrected chi connectivity index (χ4v) is 1.66. The molecule has 0 fully saturated rings. The summed E-state index contributed by atoms with van der Waals surface area (Å²) >= 11 is 3.11.